The lowest BCUT2D eigenvalue weighted by molar-refractivity contribution is -0.132. The standard InChI is InChI=1S/C26H27N3O4/c30-25(9-10-27-26(31)22-7-6-20-3-1-2-4-21(20)16-22)29-13-11-28(12-14-29)17-19-5-8-23-24(15-19)33-18-32-23/h1-8,15-16H,9-14,17-18H2,(H,27,31). The lowest BCUT2D eigenvalue weighted by Gasteiger charge is -2.34. The first-order chi connectivity index (χ1) is 16.2. The molecule has 3 aromatic rings. The van der Waals surface area contributed by atoms with Gasteiger partial charge in [0.15, 0.2) is 11.5 Å². The van der Waals surface area contributed by atoms with Crippen LogP contribution in [0.15, 0.2) is 60.7 Å². The van der Waals surface area contributed by atoms with Crippen molar-refractivity contribution in [2.45, 2.75) is 13.0 Å². The Hall–Kier alpha value is -3.58. The molecule has 2 amide bonds. The predicted octanol–water partition coefficient (Wildman–Crippen LogP) is 3.03. The van der Waals surface area contributed by atoms with Crippen LogP contribution in [0, 0.1) is 0 Å². The number of fused-ring (bicyclic) bond motifs is 2. The summed E-state index contributed by atoms with van der Waals surface area (Å²) in [5.74, 6) is 1.52. The minimum Gasteiger partial charge on any atom is -0.454 e. The van der Waals surface area contributed by atoms with Crippen LogP contribution in [0.2, 0.25) is 0 Å². The molecule has 0 atom stereocenters. The van der Waals surface area contributed by atoms with E-state index in [1.807, 2.05) is 59.5 Å². The van der Waals surface area contributed by atoms with Gasteiger partial charge in [0.1, 0.15) is 0 Å². The zero-order valence-electron chi connectivity index (χ0n) is 18.5. The molecular weight excluding hydrogens is 418 g/mol. The lowest BCUT2D eigenvalue weighted by Crippen LogP contribution is -2.48. The molecular formula is C26H27N3O4. The summed E-state index contributed by atoms with van der Waals surface area (Å²) in [6.07, 6.45) is 0.307. The van der Waals surface area contributed by atoms with E-state index in [0.717, 1.165) is 41.9 Å². The molecule has 2 heterocycles. The van der Waals surface area contributed by atoms with Crippen LogP contribution in [-0.4, -0.2) is 61.1 Å². The maximum absolute atomic E-state index is 12.6. The molecule has 2 aliphatic heterocycles. The van der Waals surface area contributed by atoms with E-state index in [2.05, 4.69) is 16.3 Å². The van der Waals surface area contributed by atoms with Gasteiger partial charge in [0, 0.05) is 51.3 Å². The summed E-state index contributed by atoms with van der Waals surface area (Å²) in [6, 6.07) is 19.6. The highest BCUT2D eigenvalue weighted by Gasteiger charge is 2.22. The van der Waals surface area contributed by atoms with Gasteiger partial charge in [0.2, 0.25) is 12.7 Å². The number of nitrogens with one attached hydrogen (secondary N) is 1. The minimum atomic E-state index is -0.151. The monoisotopic (exact) mass is 445 g/mol. The van der Waals surface area contributed by atoms with Gasteiger partial charge in [-0.05, 0) is 40.6 Å². The first kappa shape index (κ1) is 21.3. The number of hydrogen-bond acceptors (Lipinski definition) is 5. The van der Waals surface area contributed by atoms with Crippen LogP contribution in [0.1, 0.15) is 22.3 Å². The Morgan fingerprint density at radius 1 is 0.848 bits per heavy atom. The summed E-state index contributed by atoms with van der Waals surface area (Å²) >= 11 is 0. The van der Waals surface area contributed by atoms with Crippen LogP contribution >= 0.6 is 0 Å². The molecule has 1 saturated heterocycles. The van der Waals surface area contributed by atoms with E-state index in [-0.39, 0.29) is 18.6 Å². The Morgan fingerprint density at radius 2 is 1.64 bits per heavy atom. The molecule has 0 aliphatic carbocycles. The summed E-state index contributed by atoms with van der Waals surface area (Å²) in [7, 11) is 0. The second-order valence-electron chi connectivity index (χ2n) is 8.41. The van der Waals surface area contributed by atoms with Crippen LogP contribution in [0.3, 0.4) is 0 Å². The van der Waals surface area contributed by atoms with Crippen LogP contribution in [0.25, 0.3) is 10.8 Å². The van der Waals surface area contributed by atoms with Gasteiger partial charge in [-0.15, -0.1) is 0 Å². The van der Waals surface area contributed by atoms with E-state index in [0.29, 0.717) is 31.6 Å². The average Bonchev–Trinajstić information content (AvgIpc) is 3.32. The van der Waals surface area contributed by atoms with Gasteiger partial charge < -0.3 is 19.7 Å². The number of carbonyl (C=O) groups is 2. The van der Waals surface area contributed by atoms with Gasteiger partial charge in [0.05, 0.1) is 0 Å². The Morgan fingerprint density at radius 3 is 2.48 bits per heavy atom. The molecule has 0 spiro atoms. The number of benzene rings is 3. The summed E-state index contributed by atoms with van der Waals surface area (Å²) in [6.45, 7) is 4.47. The largest absolute Gasteiger partial charge is 0.454 e. The summed E-state index contributed by atoms with van der Waals surface area (Å²) < 4.78 is 10.8. The number of nitrogens with zero attached hydrogens (tertiary/aromatic N) is 2. The molecule has 0 bridgehead atoms. The van der Waals surface area contributed by atoms with Crippen LogP contribution in [-0.2, 0) is 11.3 Å². The zero-order chi connectivity index (χ0) is 22.6. The number of carbonyl (C=O) groups excluding carboxylic acids is 2. The Labute approximate surface area is 192 Å². The molecule has 170 valence electrons. The van der Waals surface area contributed by atoms with Gasteiger partial charge >= 0.3 is 0 Å². The SMILES string of the molecule is O=C(NCCC(=O)N1CCN(Cc2ccc3c(c2)OCO3)CC1)c1ccc2ccccc2c1. The highest BCUT2D eigenvalue weighted by Crippen LogP contribution is 2.32. The molecule has 1 N–H and O–H groups in total. The van der Waals surface area contributed by atoms with Crippen molar-refractivity contribution >= 4 is 22.6 Å². The highest BCUT2D eigenvalue weighted by atomic mass is 16.7. The second kappa shape index (κ2) is 9.50. The predicted molar refractivity (Wildman–Crippen MR) is 125 cm³/mol. The van der Waals surface area contributed by atoms with E-state index in [1.165, 1.54) is 5.56 Å². The number of amides is 2. The topological polar surface area (TPSA) is 71.1 Å². The fraction of sp³-hybridized carbons (Fsp3) is 0.308. The third-order valence-corrected chi connectivity index (χ3v) is 6.20. The molecule has 5 rings (SSSR count). The quantitative estimate of drug-likeness (QED) is 0.632. The van der Waals surface area contributed by atoms with Gasteiger partial charge in [-0.25, -0.2) is 0 Å². The van der Waals surface area contributed by atoms with Crippen molar-refractivity contribution in [3.63, 3.8) is 0 Å². The normalized spacial score (nSPS) is 15.6. The fourth-order valence-electron chi connectivity index (χ4n) is 4.33. The lowest BCUT2D eigenvalue weighted by atomic mass is 10.1. The Balaban J connectivity index is 1.05. The van der Waals surface area contributed by atoms with Gasteiger partial charge in [-0.1, -0.05) is 36.4 Å². The molecule has 0 radical (unpaired) electrons. The zero-order valence-corrected chi connectivity index (χ0v) is 18.5. The molecule has 1 fully saturated rings. The maximum Gasteiger partial charge on any atom is 0.251 e. The number of hydrogen-bond donors (Lipinski definition) is 1. The van der Waals surface area contributed by atoms with E-state index in [4.69, 9.17) is 9.47 Å². The van der Waals surface area contributed by atoms with Crippen molar-refractivity contribution in [3.8, 4) is 11.5 Å². The number of piperazine rings is 1. The fourth-order valence-corrected chi connectivity index (χ4v) is 4.33. The van der Waals surface area contributed by atoms with Gasteiger partial charge in [-0.2, -0.15) is 0 Å². The van der Waals surface area contributed by atoms with Crippen molar-refractivity contribution in [3.05, 3.63) is 71.8 Å². The number of rotatable bonds is 6. The van der Waals surface area contributed by atoms with E-state index in [1.54, 1.807) is 0 Å². The summed E-state index contributed by atoms with van der Waals surface area (Å²) in [5, 5.41) is 5.00. The summed E-state index contributed by atoms with van der Waals surface area (Å²) in [5.41, 5.74) is 1.79. The van der Waals surface area contributed by atoms with Crippen molar-refractivity contribution in [2.75, 3.05) is 39.5 Å². The molecule has 0 saturated carbocycles. The molecule has 0 aromatic heterocycles. The first-order valence-electron chi connectivity index (χ1n) is 11.3. The third-order valence-electron chi connectivity index (χ3n) is 6.20. The van der Waals surface area contributed by atoms with Crippen molar-refractivity contribution < 1.29 is 19.1 Å². The van der Waals surface area contributed by atoms with E-state index < -0.39 is 0 Å². The van der Waals surface area contributed by atoms with E-state index in [9.17, 15) is 9.59 Å². The summed E-state index contributed by atoms with van der Waals surface area (Å²) in [4.78, 5) is 29.3. The van der Waals surface area contributed by atoms with Gasteiger partial charge in [0.25, 0.3) is 5.91 Å². The van der Waals surface area contributed by atoms with Crippen molar-refractivity contribution in [1.29, 1.82) is 0 Å². The van der Waals surface area contributed by atoms with Gasteiger partial charge in [-0.3, -0.25) is 14.5 Å². The third kappa shape index (κ3) is 4.93. The van der Waals surface area contributed by atoms with Crippen LogP contribution in [0.4, 0.5) is 0 Å². The Bertz CT molecular complexity index is 1170. The highest BCUT2D eigenvalue weighted by molar-refractivity contribution is 5.98. The van der Waals surface area contributed by atoms with Crippen LogP contribution in [0.5, 0.6) is 11.5 Å². The number of ether oxygens (including phenoxy) is 2. The second-order valence-corrected chi connectivity index (χ2v) is 8.41. The maximum atomic E-state index is 12.6. The van der Waals surface area contributed by atoms with E-state index >= 15 is 0 Å². The van der Waals surface area contributed by atoms with Crippen LogP contribution < -0.4 is 14.8 Å². The molecule has 3 aromatic carbocycles. The molecule has 7 heteroatoms. The molecule has 0 unspecified atom stereocenters. The smallest absolute Gasteiger partial charge is 0.251 e. The minimum absolute atomic E-state index is 0.0801. The Kier molecular flexibility index (Phi) is 6.13. The molecule has 2 aliphatic rings. The average molecular weight is 446 g/mol. The molecule has 33 heavy (non-hydrogen) atoms. The van der Waals surface area contributed by atoms with Crippen molar-refractivity contribution in [2.24, 2.45) is 0 Å². The van der Waals surface area contributed by atoms with Crippen molar-refractivity contribution in [1.82, 2.24) is 15.1 Å². The first-order valence-corrected chi connectivity index (χ1v) is 11.3. The molecule has 7 nitrogen and oxygen atoms in total.